The molecule has 0 aliphatic carbocycles. The third kappa shape index (κ3) is 11.2. The van der Waals surface area contributed by atoms with E-state index in [1.807, 2.05) is 0 Å². The maximum Gasteiger partial charge on any atom is 1.00 e. The number of benzene rings is 2. The molecule has 0 aromatic heterocycles. The Balaban J connectivity index is 0.00000512. The summed E-state index contributed by atoms with van der Waals surface area (Å²) in [4.78, 5) is -0.250. The van der Waals surface area contributed by atoms with E-state index in [2.05, 4.69) is 6.92 Å². The first-order chi connectivity index (χ1) is 14.9. The number of hydrogen-bond acceptors (Lipinski definition) is 4. The molecule has 32 heavy (non-hydrogen) atoms. The van der Waals surface area contributed by atoms with Gasteiger partial charge in [-0.15, -0.1) is 5.75 Å². The van der Waals surface area contributed by atoms with E-state index >= 15 is 0 Å². The molecule has 0 atom stereocenters. The fraction of sp³-hybridized carbons (Fsp3) is 0.520. The predicted octanol–water partition coefficient (Wildman–Crippen LogP) is 3.66. The van der Waals surface area contributed by atoms with E-state index in [1.54, 1.807) is 18.2 Å². The Labute approximate surface area is 215 Å². The first-order valence-corrected chi connectivity index (χ1v) is 12.9. The van der Waals surface area contributed by atoms with Gasteiger partial charge in [-0.2, -0.15) is 8.42 Å². The second-order valence-corrected chi connectivity index (χ2v) is 9.53. The molecule has 2 rings (SSSR count). The summed E-state index contributed by atoms with van der Waals surface area (Å²) in [6.07, 6.45) is 14.8. The quantitative estimate of drug-likeness (QED) is 0.244. The zero-order valence-electron chi connectivity index (χ0n) is 19.5. The van der Waals surface area contributed by atoms with Crippen LogP contribution in [0.3, 0.4) is 0 Å². The van der Waals surface area contributed by atoms with Crippen LogP contribution in [-0.2, 0) is 16.5 Å². The van der Waals surface area contributed by atoms with Gasteiger partial charge in [-0.05, 0) is 37.1 Å². The molecule has 0 saturated carbocycles. The summed E-state index contributed by atoms with van der Waals surface area (Å²) in [5.74, 6) is 0.517. The molecule has 172 valence electrons. The molecule has 0 heterocycles. The summed E-state index contributed by atoms with van der Waals surface area (Å²) in [7, 11) is -4.30. The average molecular weight is 471 g/mol. The topological polar surface area (TPSA) is 86.7 Å². The molecule has 7 heteroatoms. The van der Waals surface area contributed by atoms with Gasteiger partial charge < -0.3 is 9.84 Å². The van der Waals surface area contributed by atoms with Crippen molar-refractivity contribution in [1.82, 2.24) is 0 Å². The number of rotatable bonds is 15. The van der Waals surface area contributed by atoms with E-state index in [1.165, 1.54) is 82.1 Å². The summed E-state index contributed by atoms with van der Waals surface area (Å²) >= 11 is 0. The molecule has 0 bridgehead atoms. The Morgan fingerprint density at radius 2 is 1.38 bits per heavy atom. The maximum absolute atomic E-state index is 12.4. The van der Waals surface area contributed by atoms with Crippen molar-refractivity contribution in [3.63, 3.8) is 0 Å². The van der Waals surface area contributed by atoms with Crippen molar-refractivity contribution >= 4 is 10.1 Å². The summed E-state index contributed by atoms with van der Waals surface area (Å²) in [6.45, 7) is 2.24. The molecule has 0 amide bonds. The van der Waals surface area contributed by atoms with Crippen molar-refractivity contribution in [2.24, 2.45) is 0 Å². The molecule has 2 aromatic rings. The van der Waals surface area contributed by atoms with Gasteiger partial charge in [-0.25, -0.2) is 0 Å². The third-order valence-corrected chi connectivity index (χ3v) is 6.28. The standard InChI is InChI=1S/C25H36O5S.Na/c1-2-3-4-5-6-7-8-9-10-11-12-14-21-17-18-23(20-25(21)26)30-22-15-13-16-24(19-22)31(27,28)29;/h13,15-20,26H,2-12,14H2,1H3,(H,27,28,29);/q;+1/p-1. The van der Waals surface area contributed by atoms with Crippen LogP contribution in [0, 0.1) is 0 Å². The first-order valence-electron chi connectivity index (χ1n) is 11.5. The van der Waals surface area contributed by atoms with Crippen LogP contribution in [0.4, 0.5) is 0 Å². The van der Waals surface area contributed by atoms with E-state index in [0.717, 1.165) is 24.8 Å². The van der Waals surface area contributed by atoms with Crippen LogP contribution in [0.1, 0.15) is 83.1 Å². The summed E-state index contributed by atoms with van der Waals surface area (Å²) in [6, 6.07) is 10.5. The molecule has 2 aromatic carbocycles. The van der Waals surface area contributed by atoms with Gasteiger partial charge in [-0.3, -0.25) is 4.55 Å². The zero-order chi connectivity index (χ0) is 22.5. The summed E-state index contributed by atoms with van der Waals surface area (Å²) in [5, 5.41) is 12.4. The van der Waals surface area contributed by atoms with Gasteiger partial charge in [0.05, 0.1) is 4.90 Å². The minimum absolute atomic E-state index is 0. The molecule has 0 radical (unpaired) electrons. The van der Waals surface area contributed by atoms with Crippen molar-refractivity contribution in [3.8, 4) is 17.2 Å². The van der Waals surface area contributed by atoms with Crippen molar-refractivity contribution in [3.05, 3.63) is 48.0 Å². The molecule has 0 aliphatic heterocycles. The molecule has 0 fully saturated rings. The SMILES string of the molecule is CCCCCCCCCCCCCc1ccc(Oc2cccc(S(=O)(=O)O)c2)cc1[O-].[Na+]. The monoisotopic (exact) mass is 470 g/mol. The zero-order valence-corrected chi connectivity index (χ0v) is 22.3. The van der Waals surface area contributed by atoms with Crippen molar-refractivity contribution < 1.29 is 52.4 Å². The van der Waals surface area contributed by atoms with Gasteiger partial charge in [0.1, 0.15) is 11.5 Å². The summed E-state index contributed by atoms with van der Waals surface area (Å²) < 4.78 is 37.2. The summed E-state index contributed by atoms with van der Waals surface area (Å²) in [5.41, 5.74) is 0.773. The Morgan fingerprint density at radius 1 is 0.812 bits per heavy atom. The van der Waals surface area contributed by atoms with Gasteiger partial charge in [0, 0.05) is 6.07 Å². The minimum Gasteiger partial charge on any atom is -0.872 e. The van der Waals surface area contributed by atoms with Crippen LogP contribution in [0.2, 0.25) is 0 Å². The normalized spacial score (nSPS) is 11.2. The van der Waals surface area contributed by atoms with Crippen molar-refractivity contribution in [1.29, 1.82) is 0 Å². The van der Waals surface area contributed by atoms with Gasteiger partial charge in [0.2, 0.25) is 0 Å². The van der Waals surface area contributed by atoms with Crippen LogP contribution in [0.25, 0.3) is 0 Å². The minimum atomic E-state index is -4.30. The third-order valence-electron chi connectivity index (χ3n) is 5.43. The number of unbranched alkanes of at least 4 members (excludes halogenated alkanes) is 10. The van der Waals surface area contributed by atoms with E-state index in [9.17, 15) is 13.5 Å². The molecule has 1 N–H and O–H groups in total. The number of hydrogen-bond donors (Lipinski definition) is 1. The number of aryl methyl sites for hydroxylation is 1. The maximum atomic E-state index is 12.4. The molecule has 0 spiro atoms. The fourth-order valence-electron chi connectivity index (χ4n) is 3.62. The Kier molecular flexibility index (Phi) is 14.2. The van der Waals surface area contributed by atoms with E-state index in [-0.39, 0.29) is 46.0 Å². The Bertz CT molecular complexity index is 899. The molecule has 5 nitrogen and oxygen atoms in total. The molecular formula is C25H35NaO5S. The number of ether oxygens (including phenoxy) is 1. The van der Waals surface area contributed by atoms with Crippen molar-refractivity contribution in [2.75, 3.05) is 0 Å². The van der Waals surface area contributed by atoms with Gasteiger partial charge in [-0.1, -0.05) is 88.8 Å². The predicted molar refractivity (Wildman–Crippen MR) is 122 cm³/mol. The first kappa shape index (κ1) is 29.0. The van der Waals surface area contributed by atoms with Crippen LogP contribution < -0.4 is 39.4 Å². The average Bonchev–Trinajstić information content (AvgIpc) is 2.73. The van der Waals surface area contributed by atoms with Crippen LogP contribution in [0.5, 0.6) is 17.2 Å². The Morgan fingerprint density at radius 3 is 1.94 bits per heavy atom. The molecular weight excluding hydrogens is 435 g/mol. The van der Waals surface area contributed by atoms with Gasteiger partial charge >= 0.3 is 29.6 Å². The second kappa shape index (κ2) is 15.7. The molecule has 0 unspecified atom stereocenters. The van der Waals surface area contributed by atoms with Gasteiger partial charge in [0.15, 0.2) is 0 Å². The molecule has 0 aliphatic rings. The van der Waals surface area contributed by atoms with E-state index < -0.39 is 10.1 Å². The smallest absolute Gasteiger partial charge is 0.872 e. The molecule has 0 saturated heterocycles. The fourth-order valence-corrected chi connectivity index (χ4v) is 4.13. The van der Waals surface area contributed by atoms with Crippen molar-refractivity contribution in [2.45, 2.75) is 88.9 Å². The van der Waals surface area contributed by atoms with E-state index in [4.69, 9.17) is 9.29 Å². The van der Waals surface area contributed by atoms with Crippen LogP contribution >= 0.6 is 0 Å². The van der Waals surface area contributed by atoms with E-state index in [0.29, 0.717) is 5.75 Å². The van der Waals surface area contributed by atoms with Gasteiger partial charge in [0.25, 0.3) is 10.1 Å². The largest absolute Gasteiger partial charge is 1.00 e. The van der Waals surface area contributed by atoms with Crippen LogP contribution in [0.15, 0.2) is 47.4 Å². The second-order valence-electron chi connectivity index (χ2n) is 8.11. The van der Waals surface area contributed by atoms with Crippen LogP contribution in [-0.4, -0.2) is 13.0 Å². The Hall–Kier alpha value is -1.05.